The molecular weight excluding hydrogens is 256 g/mol. The molecule has 4 heteroatoms. The van der Waals surface area contributed by atoms with Gasteiger partial charge in [0, 0.05) is 19.4 Å². The Kier molecular flexibility index (Phi) is 5.01. The van der Waals surface area contributed by atoms with Crippen molar-refractivity contribution in [2.24, 2.45) is 5.92 Å². The number of hydrogen-bond acceptors (Lipinski definition) is 3. The van der Waals surface area contributed by atoms with Crippen molar-refractivity contribution in [1.29, 1.82) is 0 Å². The first-order valence-corrected chi connectivity index (χ1v) is 9.92. The van der Waals surface area contributed by atoms with Gasteiger partial charge in [-0.1, -0.05) is 20.8 Å². The van der Waals surface area contributed by atoms with Crippen LogP contribution in [0.2, 0.25) is 18.1 Å². The minimum Gasteiger partial charge on any atom is -0.547 e. The molecule has 0 spiro atoms. The Hall–Kier alpha value is -0.613. The highest BCUT2D eigenvalue weighted by molar-refractivity contribution is 6.74. The topological polar surface area (TPSA) is 35.5 Å². The van der Waals surface area contributed by atoms with Crippen LogP contribution >= 0.6 is 0 Å². The summed E-state index contributed by atoms with van der Waals surface area (Å²) in [7, 11) is -0.134. The summed E-state index contributed by atoms with van der Waals surface area (Å²) in [6.07, 6.45) is 3.55. The second-order valence-electron chi connectivity index (χ2n) is 6.95. The molecule has 0 unspecified atom stereocenters. The van der Waals surface area contributed by atoms with E-state index in [0.717, 1.165) is 18.6 Å². The molecule has 1 aliphatic carbocycles. The number of carbonyl (C=O) groups excluding carboxylic acids is 1. The van der Waals surface area contributed by atoms with Gasteiger partial charge < -0.3 is 9.16 Å². The van der Waals surface area contributed by atoms with Crippen molar-refractivity contribution < 1.29 is 14.0 Å². The molecule has 0 saturated carbocycles. The monoisotopic (exact) mass is 284 g/mol. The standard InChI is InChI=1S/C15H28O3Si/c1-11(16)13-9-8-12(10-14(13)17-5)18-19(6,7)15(2,3)4/h10,13-14H,8-9H2,1-7H3/t13-,14+/m0/s1. The summed E-state index contributed by atoms with van der Waals surface area (Å²) in [6, 6.07) is 0. The lowest BCUT2D eigenvalue weighted by Gasteiger charge is -2.39. The molecule has 0 aliphatic heterocycles. The van der Waals surface area contributed by atoms with Crippen molar-refractivity contribution in [2.45, 2.75) is 64.8 Å². The van der Waals surface area contributed by atoms with Crippen molar-refractivity contribution in [3.05, 3.63) is 11.8 Å². The molecule has 0 heterocycles. The number of Topliss-reactive ketones (excluding diaryl/α,β-unsaturated/α-hetero) is 1. The van der Waals surface area contributed by atoms with Gasteiger partial charge in [-0.25, -0.2) is 0 Å². The number of rotatable bonds is 4. The summed E-state index contributed by atoms with van der Waals surface area (Å²) in [5.41, 5.74) is 0. The lowest BCUT2D eigenvalue weighted by Crippen LogP contribution is -2.41. The number of ether oxygens (including phenoxy) is 1. The second-order valence-corrected chi connectivity index (χ2v) is 11.7. The third-order valence-corrected chi connectivity index (χ3v) is 8.82. The second kappa shape index (κ2) is 5.79. The van der Waals surface area contributed by atoms with Crippen LogP contribution in [0.3, 0.4) is 0 Å². The van der Waals surface area contributed by atoms with E-state index in [1.54, 1.807) is 14.0 Å². The average Bonchev–Trinajstić information content (AvgIpc) is 2.26. The largest absolute Gasteiger partial charge is 0.547 e. The predicted octanol–water partition coefficient (Wildman–Crippen LogP) is 3.91. The van der Waals surface area contributed by atoms with E-state index >= 15 is 0 Å². The van der Waals surface area contributed by atoms with Gasteiger partial charge in [0.1, 0.15) is 5.78 Å². The molecule has 1 aliphatic rings. The molecule has 2 atom stereocenters. The molecule has 110 valence electrons. The maximum Gasteiger partial charge on any atom is 0.250 e. The molecule has 19 heavy (non-hydrogen) atoms. The van der Waals surface area contributed by atoms with Crippen LogP contribution in [0.4, 0.5) is 0 Å². The van der Waals surface area contributed by atoms with Crippen molar-refractivity contribution in [1.82, 2.24) is 0 Å². The quantitative estimate of drug-likeness (QED) is 0.734. The van der Waals surface area contributed by atoms with Crippen LogP contribution in [0.1, 0.15) is 40.5 Å². The molecule has 0 aromatic carbocycles. The fourth-order valence-corrected chi connectivity index (χ4v) is 3.21. The van der Waals surface area contributed by atoms with Crippen LogP contribution in [-0.4, -0.2) is 27.3 Å². The molecule has 0 saturated heterocycles. The zero-order chi connectivity index (χ0) is 14.8. The fourth-order valence-electron chi connectivity index (χ4n) is 2.08. The van der Waals surface area contributed by atoms with E-state index in [0.29, 0.717) is 0 Å². The number of methoxy groups -OCH3 is 1. The van der Waals surface area contributed by atoms with Crippen LogP contribution < -0.4 is 0 Å². The first-order valence-electron chi connectivity index (χ1n) is 7.01. The van der Waals surface area contributed by atoms with Gasteiger partial charge in [-0.05, 0) is 37.6 Å². The molecule has 0 radical (unpaired) electrons. The van der Waals surface area contributed by atoms with E-state index in [-0.39, 0.29) is 22.8 Å². The van der Waals surface area contributed by atoms with Gasteiger partial charge in [-0.3, -0.25) is 4.79 Å². The SMILES string of the molecule is CO[C@@H]1C=C(O[Si](C)(C)C(C)(C)C)CC[C@H]1C(C)=O. The third-order valence-electron chi connectivity index (χ3n) is 4.44. The van der Waals surface area contributed by atoms with Crippen molar-refractivity contribution in [3.63, 3.8) is 0 Å². The Bertz CT molecular complexity index is 366. The van der Waals surface area contributed by atoms with Crippen LogP contribution in [-0.2, 0) is 14.0 Å². The summed E-state index contributed by atoms with van der Waals surface area (Å²) >= 11 is 0. The first kappa shape index (κ1) is 16.4. The van der Waals surface area contributed by atoms with Crippen LogP contribution in [0.25, 0.3) is 0 Å². The highest BCUT2D eigenvalue weighted by Crippen LogP contribution is 2.39. The molecule has 0 fully saturated rings. The van der Waals surface area contributed by atoms with Crippen molar-refractivity contribution >= 4 is 14.1 Å². The molecule has 0 amide bonds. The van der Waals surface area contributed by atoms with Gasteiger partial charge in [0.25, 0.3) is 0 Å². The zero-order valence-electron chi connectivity index (χ0n) is 13.4. The number of carbonyl (C=O) groups is 1. The van der Waals surface area contributed by atoms with E-state index in [2.05, 4.69) is 33.9 Å². The van der Waals surface area contributed by atoms with Gasteiger partial charge in [0.05, 0.1) is 11.9 Å². The van der Waals surface area contributed by atoms with Crippen LogP contribution in [0, 0.1) is 5.92 Å². The molecule has 0 N–H and O–H groups in total. The van der Waals surface area contributed by atoms with E-state index in [9.17, 15) is 4.79 Å². The maximum absolute atomic E-state index is 11.6. The normalized spacial score (nSPS) is 24.9. The minimum absolute atomic E-state index is 0.0169. The molecule has 0 bridgehead atoms. The van der Waals surface area contributed by atoms with Crippen molar-refractivity contribution in [2.75, 3.05) is 7.11 Å². The molecular formula is C15H28O3Si. The third kappa shape index (κ3) is 3.92. The Balaban J connectivity index is 2.84. The highest BCUT2D eigenvalue weighted by Gasteiger charge is 2.40. The average molecular weight is 284 g/mol. The van der Waals surface area contributed by atoms with E-state index in [4.69, 9.17) is 9.16 Å². The Morgan fingerprint density at radius 1 is 1.37 bits per heavy atom. The lowest BCUT2D eigenvalue weighted by molar-refractivity contribution is -0.124. The van der Waals surface area contributed by atoms with Crippen LogP contribution in [0.5, 0.6) is 0 Å². The zero-order valence-corrected chi connectivity index (χ0v) is 14.4. The molecule has 0 aromatic heterocycles. The van der Waals surface area contributed by atoms with Gasteiger partial charge >= 0.3 is 0 Å². The predicted molar refractivity (Wildman–Crippen MR) is 80.6 cm³/mol. The van der Waals surface area contributed by atoms with Crippen molar-refractivity contribution in [3.8, 4) is 0 Å². The molecule has 3 nitrogen and oxygen atoms in total. The summed E-state index contributed by atoms with van der Waals surface area (Å²) in [5.74, 6) is 1.20. The summed E-state index contributed by atoms with van der Waals surface area (Å²) in [6.45, 7) is 12.8. The minimum atomic E-state index is -1.79. The summed E-state index contributed by atoms with van der Waals surface area (Å²) in [4.78, 5) is 11.6. The fraction of sp³-hybridized carbons (Fsp3) is 0.800. The molecule has 0 aromatic rings. The Labute approximate surface area is 118 Å². The first-order chi connectivity index (χ1) is 8.58. The Morgan fingerprint density at radius 2 is 1.95 bits per heavy atom. The maximum atomic E-state index is 11.6. The van der Waals surface area contributed by atoms with Gasteiger partial charge in [0.15, 0.2) is 0 Å². The number of hydrogen-bond donors (Lipinski definition) is 0. The number of ketones is 1. The number of allylic oxidation sites excluding steroid dienone is 1. The van der Waals surface area contributed by atoms with E-state index in [1.807, 2.05) is 6.08 Å². The van der Waals surface area contributed by atoms with Gasteiger partial charge in [-0.2, -0.15) is 0 Å². The molecule has 1 rings (SSSR count). The Morgan fingerprint density at radius 3 is 2.37 bits per heavy atom. The van der Waals surface area contributed by atoms with E-state index < -0.39 is 8.32 Å². The summed E-state index contributed by atoms with van der Waals surface area (Å²) in [5, 5.41) is 0.188. The van der Waals surface area contributed by atoms with Gasteiger partial charge in [0.2, 0.25) is 8.32 Å². The highest BCUT2D eigenvalue weighted by atomic mass is 28.4. The summed E-state index contributed by atoms with van der Waals surface area (Å²) < 4.78 is 11.7. The van der Waals surface area contributed by atoms with E-state index in [1.165, 1.54) is 0 Å². The van der Waals surface area contributed by atoms with Gasteiger partial charge in [-0.15, -0.1) is 0 Å². The lowest BCUT2D eigenvalue weighted by atomic mass is 9.88. The van der Waals surface area contributed by atoms with Crippen LogP contribution in [0.15, 0.2) is 11.8 Å². The smallest absolute Gasteiger partial charge is 0.250 e.